The molecule has 0 saturated carbocycles. The Hall–Kier alpha value is -0.500. The molecule has 0 bridgehead atoms. The van der Waals surface area contributed by atoms with Crippen LogP contribution in [0.3, 0.4) is 0 Å². The van der Waals surface area contributed by atoms with E-state index in [0.717, 1.165) is 5.33 Å². The van der Waals surface area contributed by atoms with E-state index in [2.05, 4.69) is 66.7 Å². The van der Waals surface area contributed by atoms with E-state index in [4.69, 9.17) is 0 Å². The molecule has 0 spiro atoms. The predicted octanol–water partition coefficient (Wildman–Crippen LogP) is 5.29. The molecule has 1 aromatic carbocycles. The van der Waals surface area contributed by atoms with Gasteiger partial charge in [-0.05, 0) is 49.9 Å². The summed E-state index contributed by atoms with van der Waals surface area (Å²) >= 11 is 3.54. The Balaban J connectivity index is 2.93. The maximum atomic E-state index is 3.54. The van der Waals surface area contributed by atoms with Gasteiger partial charge in [0.1, 0.15) is 0 Å². The van der Waals surface area contributed by atoms with Crippen molar-refractivity contribution in [3.05, 3.63) is 29.3 Å². The van der Waals surface area contributed by atoms with Crippen molar-refractivity contribution in [2.45, 2.75) is 58.3 Å². The molecule has 0 heterocycles. The molecule has 1 rings (SSSR count). The highest BCUT2D eigenvalue weighted by Crippen LogP contribution is 2.23. The van der Waals surface area contributed by atoms with Gasteiger partial charge in [0.2, 0.25) is 0 Å². The average Bonchev–Trinajstić information content (AvgIpc) is 2.39. The largest absolute Gasteiger partial charge is 0.369 e. The molecule has 0 aromatic heterocycles. The summed E-state index contributed by atoms with van der Waals surface area (Å²) in [5, 5.41) is 0.942. The summed E-state index contributed by atoms with van der Waals surface area (Å²) in [4.78, 5) is 2.55. The zero-order valence-corrected chi connectivity index (χ0v) is 13.8. The third kappa shape index (κ3) is 4.01. The molecule has 0 radical (unpaired) electrons. The first-order chi connectivity index (χ1) is 8.63. The van der Waals surface area contributed by atoms with Crippen molar-refractivity contribution in [1.29, 1.82) is 0 Å². The third-order valence-electron chi connectivity index (χ3n) is 3.68. The zero-order chi connectivity index (χ0) is 13.5. The van der Waals surface area contributed by atoms with E-state index < -0.39 is 0 Å². The molecule has 0 saturated heterocycles. The number of halogens is 1. The molecule has 0 aliphatic heterocycles. The second-order valence-electron chi connectivity index (χ2n) is 5.05. The van der Waals surface area contributed by atoms with Crippen molar-refractivity contribution in [2.75, 3.05) is 11.4 Å². The summed E-state index contributed by atoms with van der Waals surface area (Å²) in [6, 6.07) is 7.47. The van der Waals surface area contributed by atoms with Crippen LogP contribution in [0.25, 0.3) is 0 Å². The van der Waals surface area contributed by atoms with E-state index in [0.29, 0.717) is 6.04 Å². The van der Waals surface area contributed by atoms with Gasteiger partial charge in [0.25, 0.3) is 0 Å². The van der Waals surface area contributed by atoms with Crippen LogP contribution >= 0.6 is 15.9 Å². The lowest BCUT2D eigenvalue weighted by Gasteiger charge is -2.31. The Labute approximate surface area is 121 Å². The summed E-state index contributed by atoms with van der Waals surface area (Å²) in [5.41, 5.74) is 4.15. The maximum absolute atomic E-state index is 3.54. The molecule has 0 fully saturated rings. The highest BCUT2D eigenvalue weighted by Gasteiger charge is 2.13. The second kappa shape index (κ2) is 7.83. The third-order valence-corrected chi connectivity index (χ3v) is 4.28. The van der Waals surface area contributed by atoms with Gasteiger partial charge in [0.15, 0.2) is 0 Å². The number of benzene rings is 1. The van der Waals surface area contributed by atoms with E-state index in [9.17, 15) is 0 Å². The monoisotopic (exact) mass is 311 g/mol. The minimum Gasteiger partial charge on any atom is -0.369 e. The molecule has 0 N–H and O–H groups in total. The topological polar surface area (TPSA) is 3.24 Å². The van der Waals surface area contributed by atoms with Crippen LogP contribution in [0.2, 0.25) is 0 Å². The standard InChI is InChI=1S/C16H26BrN/c1-5-7-10-18(14(4)6-2)16-9-8-15(12-17)13(3)11-16/h8-9,11,14H,5-7,10,12H2,1-4H3. The molecule has 1 unspecified atom stereocenters. The van der Waals surface area contributed by atoms with Crippen LogP contribution < -0.4 is 4.90 Å². The van der Waals surface area contributed by atoms with Gasteiger partial charge < -0.3 is 4.90 Å². The van der Waals surface area contributed by atoms with Gasteiger partial charge in [-0.3, -0.25) is 0 Å². The van der Waals surface area contributed by atoms with Crippen molar-refractivity contribution in [2.24, 2.45) is 0 Å². The normalized spacial score (nSPS) is 12.5. The van der Waals surface area contributed by atoms with Crippen molar-refractivity contribution in [3.63, 3.8) is 0 Å². The highest BCUT2D eigenvalue weighted by molar-refractivity contribution is 9.08. The molecule has 0 aliphatic carbocycles. The van der Waals surface area contributed by atoms with Crippen LogP contribution in [0.5, 0.6) is 0 Å². The number of anilines is 1. The molecule has 1 nitrogen and oxygen atoms in total. The van der Waals surface area contributed by atoms with Gasteiger partial charge >= 0.3 is 0 Å². The molecule has 18 heavy (non-hydrogen) atoms. The fraction of sp³-hybridized carbons (Fsp3) is 0.625. The van der Waals surface area contributed by atoms with Gasteiger partial charge in [0, 0.05) is 23.6 Å². The Morgan fingerprint density at radius 1 is 1.28 bits per heavy atom. The molecule has 1 atom stereocenters. The molecular formula is C16H26BrN. The number of hydrogen-bond acceptors (Lipinski definition) is 1. The molecule has 0 aliphatic rings. The van der Waals surface area contributed by atoms with Gasteiger partial charge in [0.05, 0.1) is 0 Å². The maximum Gasteiger partial charge on any atom is 0.0371 e. The SMILES string of the molecule is CCCCN(c1ccc(CBr)c(C)c1)C(C)CC. The minimum absolute atomic E-state index is 0.616. The second-order valence-corrected chi connectivity index (χ2v) is 5.61. The van der Waals surface area contributed by atoms with Crippen molar-refractivity contribution in [3.8, 4) is 0 Å². The average molecular weight is 312 g/mol. The fourth-order valence-corrected chi connectivity index (χ4v) is 2.79. The Morgan fingerprint density at radius 2 is 2.00 bits per heavy atom. The van der Waals surface area contributed by atoms with E-state index in [-0.39, 0.29) is 0 Å². The molecule has 2 heteroatoms. The van der Waals surface area contributed by atoms with E-state index in [1.54, 1.807) is 0 Å². The predicted molar refractivity (Wildman–Crippen MR) is 85.8 cm³/mol. The van der Waals surface area contributed by atoms with Crippen molar-refractivity contribution in [1.82, 2.24) is 0 Å². The zero-order valence-electron chi connectivity index (χ0n) is 12.2. The molecule has 1 aromatic rings. The molecule has 0 amide bonds. The summed E-state index contributed by atoms with van der Waals surface area (Å²) in [5.74, 6) is 0. The summed E-state index contributed by atoms with van der Waals surface area (Å²) in [6.45, 7) is 10.2. The Morgan fingerprint density at radius 3 is 2.50 bits per heavy atom. The van der Waals surface area contributed by atoms with Gasteiger partial charge in [-0.25, -0.2) is 0 Å². The van der Waals surface area contributed by atoms with E-state index in [1.165, 1.54) is 42.6 Å². The summed E-state index contributed by atoms with van der Waals surface area (Å²) < 4.78 is 0. The minimum atomic E-state index is 0.616. The lowest BCUT2D eigenvalue weighted by atomic mass is 10.1. The number of unbranched alkanes of at least 4 members (excludes halogenated alkanes) is 1. The lowest BCUT2D eigenvalue weighted by molar-refractivity contribution is 0.595. The number of nitrogens with zero attached hydrogens (tertiary/aromatic N) is 1. The van der Waals surface area contributed by atoms with Gasteiger partial charge in [-0.1, -0.05) is 42.3 Å². The first kappa shape index (κ1) is 15.6. The van der Waals surface area contributed by atoms with Crippen LogP contribution in [0, 0.1) is 6.92 Å². The fourth-order valence-electron chi connectivity index (χ4n) is 2.16. The van der Waals surface area contributed by atoms with Crippen LogP contribution in [-0.2, 0) is 5.33 Å². The summed E-state index contributed by atoms with van der Waals surface area (Å²) in [6.07, 6.45) is 3.72. The number of aryl methyl sites for hydroxylation is 1. The first-order valence-corrected chi connectivity index (χ1v) is 8.18. The lowest BCUT2D eigenvalue weighted by Crippen LogP contribution is -2.33. The number of rotatable bonds is 7. The van der Waals surface area contributed by atoms with E-state index in [1.807, 2.05) is 0 Å². The van der Waals surface area contributed by atoms with Gasteiger partial charge in [-0.2, -0.15) is 0 Å². The van der Waals surface area contributed by atoms with Crippen molar-refractivity contribution < 1.29 is 0 Å². The van der Waals surface area contributed by atoms with Gasteiger partial charge in [-0.15, -0.1) is 0 Å². The smallest absolute Gasteiger partial charge is 0.0371 e. The number of hydrogen-bond donors (Lipinski definition) is 0. The Bertz CT molecular complexity index is 362. The van der Waals surface area contributed by atoms with Crippen LogP contribution in [-0.4, -0.2) is 12.6 Å². The highest BCUT2D eigenvalue weighted by atomic mass is 79.9. The van der Waals surface area contributed by atoms with E-state index >= 15 is 0 Å². The molecular weight excluding hydrogens is 286 g/mol. The molecule has 102 valence electrons. The quantitative estimate of drug-likeness (QED) is 0.618. The Kier molecular flexibility index (Phi) is 6.77. The van der Waals surface area contributed by atoms with Crippen LogP contribution in [0.1, 0.15) is 51.2 Å². The first-order valence-electron chi connectivity index (χ1n) is 7.06. The van der Waals surface area contributed by atoms with Crippen molar-refractivity contribution >= 4 is 21.6 Å². The van der Waals surface area contributed by atoms with Crippen LogP contribution in [0.4, 0.5) is 5.69 Å². The summed E-state index contributed by atoms with van der Waals surface area (Å²) in [7, 11) is 0. The number of alkyl halides is 1. The van der Waals surface area contributed by atoms with Crippen LogP contribution in [0.15, 0.2) is 18.2 Å².